The highest BCUT2D eigenvalue weighted by Gasteiger charge is 2.21. The number of hydrogen-bond acceptors (Lipinski definition) is 8. The van der Waals surface area contributed by atoms with Crippen molar-refractivity contribution in [2.75, 3.05) is 56.9 Å². The van der Waals surface area contributed by atoms with E-state index in [2.05, 4.69) is 61.0 Å². The van der Waals surface area contributed by atoms with Crippen LogP contribution in [0, 0.1) is 6.92 Å². The molecule has 1 amide bonds. The molecular weight excluding hydrogens is 554 g/mol. The van der Waals surface area contributed by atoms with Crippen LogP contribution in [-0.2, 0) is 33.7 Å². The maximum Gasteiger partial charge on any atom is 0.305 e. The Morgan fingerprint density at radius 2 is 1.98 bits per heavy atom. The Hall–Kier alpha value is -4.70. The summed E-state index contributed by atoms with van der Waals surface area (Å²) in [6.07, 6.45) is 8.06. The molecule has 10 heteroatoms. The summed E-state index contributed by atoms with van der Waals surface area (Å²) in [5.74, 6) is -0.142. The first-order valence-corrected chi connectivity index (χ1v) is 14.9. The molecule has 230 valence electrons. The number of rotatable bonds is 12. The zero-order valence-electron chi connectivity index (χ0n) is 26.2. The molecule has 1 aliphatic rings. The first-order valence-electron chi connectivity index (χ1n) is 14.9. The van der Waals surface area contributed by atoms with Crippen LogP contribution in [0.15, 0.2) is 55.4 Å². The molecule has 1 aliphatic heterocycles. The fraction of sp³-hybridized carbons (Fsp3) is 0.353. The number of anilines is 4. The molecular formula is C34H41N7O3. The lowest BCUT2D eigenvalue weighted by Crippen LogP contribution is -2.29. The highest BCUT2D eigenvalue weighted by Crippen LogP contribution is 2.37. The summed E-state index contributed by atoms with van der Waals surface area (Å²) in [4.78, 5) is 38.4. The highest BCUT2D eigenvalue weighted by atomic mass is 16.5. The van der Waals surface area contributed by atoms with Crippen LogP contribution in [-0.4, -0.2) is 72.7 Å². The van der Waals surface area contributed by atoms with E-state index in [1.54, 1.807) is 6.20 Å². The van der Waals surface area contributed by atoms with Crippen molar-refractivity contribution in [2.45, 2.75) is 39.2 Å². The number of nitrogens with one attached hydrogen (secondary N) is 2. The van der Waals surface area contributed by atoms with Gasteiger partial charge in [-0.15, -0.1) is 0 Å². The number of esters is 1. The molecule has 2 N–H and O–H groups in total. The van der Waals surface area contributed by atoms with Gasteiger partial charge in [-0.25, -0.2) is 9.97 Å². The van der Waals surface area contributed by atoms with Crippen molar-refractivity contribution in [3.63, 3.8) is 0 Å². The monoisotopic (exact) mass is 595 g/mol. The second kappa shape index (κ2) is 13.3. The Labute approximate surface area is 258 Å². The number of para-hydroxylation sites is 1. The number of hydrogen-bond donors (Lipinski definition) is 2. The van der Waals surface area contributed by atoms with Crippen molar-refractivity contribution < 1.29 is 14.3 Å². The van der Waals surface area contributed by atoms with Gasteiger partial charge in [0.15, 0.2) is 0 Å². The summed E-state index contributed by atoms with van der Waals surface area (Å²) >= 11 is 0. The number of benzene rings is 2. The van der Waals surface area contributed by atoms with Gasteiger partial charge in [-0.1, -0.05) is 24.8 Å². The van der Waals surface area contributed by atoms with Crippen LogP contribution in [0.5, 0.6) is 0 Å². The van der Waals surface area contributed by atoms with E-state index in [-0.39, 0.29) is 18.3 Å². The third-order valence-corrected chi connectivity index (χ3v) is 8.10. The molecule has 4 aromatic rings. The summed E-state index contributed by atoms with van der Waals surface area (Å²) in [5.41, 5.74) is 8.56. The van der Waals surface area contributed by atoms with E-state index < -0.39 is 0 Å². The van der Waals surface area contributed by atoms with Crippen LogP contribution < -0.4 is 15.5 Å². The van der Waals surface area contributed by atoms with Gasteiger partial charge in [0.25, 0.3) is 0 Å². The molecule has 2 aromatic heterocycles. The van der Waals surface area contributed by atoms with Gasteiger partial charge in [-0.2, -0.15) is 0 Å². The van der Waals surface area contributed by atoms with Gasteiger partial charge in [0.2, 0.25) is 11.9 Å². The van der Waals surface area contributed by atoms with E-state index >= 15 is 0 Å². The van der Waals surface area contributed by atoms with Crippen molar-refractivity contribution in [1.29, 1.82) is 0 Å². The van der Waals surface area contributed by atoms with Gasteiger partial charge in [0.05, 0.1) is 29.7 Å². The lowest BCUT2D eigenvalue weighted by molar-refractivity contribution is -0.140. The average molecular weight is 596 g/mol. The Balaban J connectivity index is 1.55. The van der Waals surface area contributed by atoms with Crippen LogP contribution in [0.25, 0.3) is 22.2 Å². The average Bonchev–Trinajstić information content (AvgIpc) is 3.40. The number of aryl methyl sites for hydroxylation is 4. The number of carbonyl (C=O) groups is 2. The fourth-order valence-electron chi connectivity index (χ4n) is 5.68. The van der Waals surface area contributed by atoms with Crippen LogP contribution in [0.1, 0.15) is 29.5 Å². The number of ether oxygens (including phenoxy) is 1. The van der Waals surface area contributed by atoms with Crippen molar-refractivity contribution in [2.24, 2.45) is 0 Å². The Kier molecular flexibility index (Phi) is 9.29. The molecule has 0 aliphatic carbocycles. The van der Waals surface area contributed by atoms with Gasteiger partial charge in [0.1, 0.15) is 0 Å². The number of likely N-dealkylation sites (N-methyl/N-ethyl adjacent to an activating group) is 2. The number of carbonyl (C=O) groups excluding carboxylic acids is 2. The van der Waals surface area contributed by atoms with Gasteiger partial charge >= 0.3 is 5.97 Å². The molecule has 2 aromatic carbocycles. The lowest BCUT2D eigenvalue weighted by atomic mass is 9.99. The zero-order chi connectivity index (χ0) is 31.4. The first kappa shape index (κ1) is 30.7. The topological polar surface area (TPSA) is 105 Å². The third-order valence-electron chi connectivity index (χ3n) is 8.10. The number of nitrogens with zero attached hydrogens (tertiary/aromatic N) is 5. The van der Waals surface area contributed by atoms with E-state index in [4.69, 9.17) is 9.72 Å². The van der Waals surface area contributed by atoms with Crippen LogP contribution in [0.3, 0.4) is 0 Å². The highest BCUT2D eigenvalue weighted by molar-refractivity contribution is 6.02. The number of methoxy groups -OCH3 is 1. The zero-order valence-corrected chi connectivity index (χ0v) is 26.2. The van der Waals surface area contributed by atoms with E-state index in [0.29, 0.717) is 18.1 Å². The van der Waals surface area contributed by atoms with Crippen molar-refractivity contribution in [3.05, 3.63) is 72.1 Å². The van der Waals surface area contributed by atoms with Crippen LogP contribution >= 0.6 is 0 Å². The predicted molar refractivity (Wildman–Crippen MR) is 177 cm³/mol. The molecule has 5 rings (SSSR count). The second-order valence-electron chi connectivity index (χ2n) is 11.5. The summed E-state index contributed by atoms with van der Waals surface area (Å²) in [5, 5.41) is 7.50. The molecule has 0 unspecified atom stereocenters. The minimum absolute atomic E-state index is 0.234. The van der Waals surface area contributed by atoms with E-state index in [9.17, 15) is 9.59 Å². The summed E-state index contributed by atoms with van der Waals surface area (Å²) in [6, 6.07) is 10.4. The number of amides is 1. The molecule has 10 nitrogen and oxygen atoms in total. The molecule has 3 heterocycles. The molecule has 0 spiro atoms. The van der Waals surface area contributed by atoms with Crippen molar-refractivity contribution in [1.82, 2.24) is 19.4 Å². The van der Waals surface area contributed by atoms with E-state index in [1.165, 1.54) is 24.3 Å². The Bertz CT molecular complexity index is 1710. The van der Waals surface area contributed by atoms with E-state index in [0.717, 1.165) is 71.6 Å². The molecule has 0 saturated carbocycles. The first-order chi connectivity index (χ1) is 21.2. The SMILES string of the molecule is C=CC(=O)Nc1cc(Nc2ncc(CCC(=O)OC)c(-c3cn4c5c(cccc35)CCC4)n2)c(C)cc1N(C)CCN(C)C. The molecule has 0 saturated heterocycles. The minimum Gasteiger partial charge on any atom is -0.469 e. The third kappa shape index (κ3) is 6.60. The predicted octanol–water partition coefficient (Wildman–Crippen LogP) is 5.32. The molecule has 0 bridgehead atoms. The normalized spacial score (nSPS) is 12.3. The summed E-state index contributed by atoms with van der Waals surface area (Å²) in [7, 11) is 7.48. The van der Waals surface area contributed by atoms with E-state index in [1.807, 2.05) is 40.2 Å². The maximum absolute atomic E-state index is 12.4. The smallest absolute Gasteiger partial charge is 0.305 e. The minimum atomic E-state index is -0.288. The quantitative estimate of drug-likeness (QED) is 0.167. The van der Waals surface area contributed by atoms with Gasteiger partial charge in [-0.05, 0) is 75.2 Å². The maximum atomic E-state index is 12.4. The van der Waals surface area contributed by atoms with Crippen LogP contribution in [0.4, 0.5) is 23.0 Å². The summed E-state index contributed by atoms with van der Waals surface area (Å²) in [6.45, 7) is 8.23. The summed E-state index contributed by atoms with van der Waals surface area (Å²) < 4.78 is 7.22. The molecule has 0 atom stereocenters. The number of aromatic nitrogens is 3. The lowest BCUT2D eigenvalue weighted by Gasteiger charge is -2.25. The fourth-order valence-corrected chi connectivity index (χ4v) is 5.68. The molecule has 0 radical (unpaired) electrons. The second-order valence-corrected chi connectivity index (χ2v) is 11.5. The van der Waals surface area contributed by atoms with Crippen LogP contribution in [0.2, 0.25) is 0 Å². The Morgan fingerprint density at radius 1 is 1.16 bits per heavy atom. The molecule has 0 fully saturated rings. The van der Waals surface area contributed by atoms with Crippen molar-refractivity contribution >= 4 is 45.8 Å². The van der Waals surface area contributed by atoms with Crippen molar-refractivity contribution in [3.8, 4) is 11.3 Å². The standard InChI is InChI=1S/C34H41N7O3/c1-7-30(42)36-28-19-27(22(2)18-29(28)40(5)17-16-39(3)4)37-34-35-20-24(13-14-31(43)44-6)32(38-34)26-21-41-15-9-11-23-10-8-12-25(26)33(23)41/h7-8,10,12,18-21H,1,9,11,13-17H2,2-6H3,(H,36,42)(H,35,37,38). The van der Waals surface area contributed by atoms with Gasteiger partial charge in [0, 0.05) is 62.1 Å². The Morgan fingerprint density at radius 3 is 2.73 bits per heavy atom. The molecule has 44 heavy (non-hydrogen) atoms. The van der Waals surface area contributed by atoms with Gasteiger partial charge < -0.3 is 29.7 Å². The van der Waals surface area contributed by atoms with Gasteiger partial charge in [-0.3, -0.25) is 9.59 Å². The largest absolute Gasteiger partial charge is 0.469 e.